The Bertz CT molecular complexity index is 1460. The van der Waals surface area contributed by atoms with E-state index in [0.717, 1.165) is 10.7 Å². The first-order valence-corrected chi connectivity index (χ1v) is 9.92. The number of H-pyrrole nitrogens is 2. The molecule has 31 heavy (non-hydrogen) atoms. The maximum Gasteiger partial charge on any atom is 0.225 e. The number of aromatic amines is 2. The number of hydrogen-bond acceptors (Lipinski definition) is 7. The van der Waals surface area contributed by atoms with Crippen LogP contribution in [0.4, 0.5) is 0 Å². The first kappa shape index (κ1) is 21.2. The number of nitrogens with one attached hydrogen (secondary N) is 2. The van der Waals surface area contributed by atoms with E-state index in [0.29, 0.717) is 27.5 Å². The lowest BCUT2D eigenvalue weighted by Crippen LogP contribution is -1.84. The van der Waals surface area contributed by atoms with Crippen LogP contribution in [0, 0.1) is 0 Å². The molecule has 6 aromatic rings. The van der Waals surface area contributed by atoms with Crippen molar-refractivity contribution in [1.82, 2.24) is 49.3 Å². The van der Waals surface area contributed by atoms with E-state index in [9.17, 15) is 0 Å². The van der Waals surface area contributed by atoms with Gasteiger partial charge in [0.25, 0.3) is 0 Å². The maximum absolute atomic E-state index is 5.73. The zero-order chi connectivity index (χ0) is 21.8. The van der Waals surface area contributed by atoms with E-state index in [1.165, 1.54) is 19.0 Å². The minimum absolute atomic E-state index is 0.106. The van der Waals surface area contributed by atoms with Crippen LogP contribution in [0.25, 0.3) is 28.0 Å². The molecule has 0 unspecified atom stereocenters. The van der Waals surface area contributed by atoms with Crippen LogP contribution in [-0.4, -0.2) is 49.3 Å². The normalized spacial score (nSPS) is 10.6. The Balaban J connectivity index is 0.000000112. The molecule has 2 N–H and O–H groups in total. The standard InChI is InChI=1S/C7H5ClN2.C5H2Cl2N4.C5H3ClN4/c8-6-1-2-7-9-3-4-10(7)5-6;6-3-2-4(9-1-8-2)11-5(7)10-3;6-4-3-5(9-1-7-3)10-2-8-4/h1-5H;1H,(H,8,9,10,11);1-2H,(H,7,8,9,10). The molecular weight excluding hydrogens is 486 g/mol. The fourth-order valence-corrected chi connectivity index (χ4v) is 3.18. The summed E-state index contributed by atoms with van der Waals surface area (Å²) in [6.07, 6.45) is 9.83. The summed E-state index contributed by atoms with van der Waals surface area (Å²) < 4.78 is 1.88. The molecule has 0 aliphatic rings. The SMILES string of the molecule is Clc1ccc2nccn2c1.Clc1nc(Cl)c2[nH]cnc2n1.Clc1ncnc2nc[nH]c12. The van der Waals surface area contributed by atoms with Gasteiger partial charge in [-0.3, -0.25) is 0 Å². The quantitative estimate of drug-likeness (QED) is 0.232. The molecule has 0 radical (unpaired) electrons. The van der Waals surface area contributed by atoms with Gasteiger partial charge in [-0.15, -0.1) is 0 Å². The summed E-state index contributed by atoms with van der Waals surface area (Å²) in [6, 6.07) is 3.70. The number of nitrogens with zero attached hydrogens (tertiary/aromatic N) is 8. The van der Waals surface area contributed by atoms with E-state index in [2.05, 4.69) is 44.9 Å². The molecule has 6 heterocycles. The van der Waals surface area contributed by atoms with Gasteiger partial charge in [-0.1, -0.05) is 34.8 Å². The van der Waals surface area contributed by atoms with E-state index >= 15 is 0 Å². The average molecular weight is 496 g/mol. The lowest BCUT2D eigenvalue weighted by atomic mass is 10.5. The van der Waals surface area contributed by atoms with Crippen molar-refractivity contribution in [3.63, 3.8) is 0 Å². The Morgan fingerprint density at radius 1 is 0.742 bits per heavy atom. The van der Waals surface area contributed by atoms with Gasteiger partial charge in [-0.05, 0) is 23.7 Å². The Hall–Kier alpha value is -3.05. The molecule has 10 nitrogen and oxygen atoms in total. The van der Waals surface area contributed by atoms with Gasteiger partial charge in [0.1, 0.15) is 23.0 Å². The highest BCUT2D eigenvalue weighted by atomic mass is 35.5. The van der Waals surface area contributed by atoms with Crippen LogP contribution < -0.4 is 0 Å². The first-order chi connectivity index (χ1) is 15.0. The van der Waals surface area contributed by atoms with Crippen molar-refractivity contribution in [1.29, 1.82) is 0 Å². The number of halogens is 4. The highest BCUT2D eigenvalue weighted by Crippen LogP contribution is 2.17. The van der Waals surface area contributed by atoms with E-state index in [1.807, 2.05) is 28.9 Å². The van der Waals surface area contributed by atoms with Gasteiger partial charge in [-0.2, -0.15) is 4.98 Å². The molecule has 0 fully saturated rings. The number of pyridine rings is 1. The molecular formula is C17H10Cl4N10. The van der Waals surface area contributed by atoms with Gasteiger partial charge >= 0.3 is 0 Å². The van der Waals surface area contributed by atoms with E-state index in [1.54, 1.807) is 6.20 Å². The summed E-state index contributed by atoms with van der Waals surface area (Å²) in [5, 5.41) is 1.53. The molecule has 6 aromatic heterocycles. The number of fused-ring (bicyclic) bond motifs is 3. The highest BCUT2D eigenvalue weighted by Gasteiger charge is 2.05. The van der Waals surface area contributed by atoms with Gasteiger partial charge in [-0.25, -0.2) is 29.9 Å². The maximum atomic E-state index is 5.73. The Labute approximate surface area is 193 Å². The third kappa shape index (κ3) is 5.00. The van der Waals surface area contributed by atoms with Gasteiger partial charge in [0.05, 0.1) is 17.7 Å². The van der Waals surface area contributed by atoms with Crippen molar-refractivity contribution in [2.45, 2.75) is 0 Å². The second kappa shape index (κ2) is 9.40. The second-order valence-electron chi connectivity index (χ2n) is 5.69. The van der Waals surface area contributed by atoms with Gasteiger partial charge in [0, 0.05) is 18.6 Å². The van der Waals surface area contributed by atoms with Gasteiger partial charge in [0.15, 0.2) is 21.6 Å². The van der Waals surface area contributed by atoms with Crippen molar-refractivity contribution in [3.8, 4) is 0 Å². The monoisotopic (exact) mass is 494 g/mol. The number of aromatic nitrogens is 10. The van der Waals surface area contributed by atoms with E-state index in [4.69, 9.17) is 46.4 Å². The van der Waals surface area contributed by atoms with Gasteiger partial charge < -0.3 is 14.4 Å². The molecule has 0 aromatic carbocycles. The lowest BCUT2D eigenvalue weighted by molar-refractivity contribution is 1.19. The number of rotatable bonds is 0. The van der Waals surface area contributed by atoms with Crippen LogP contribution in [0.1, 0.15) is 0 Å². The van der Waals surface area contributed by atoms with E-state index < -0.39 is 0 Å². The van der Waals surface area contributed by atoms with Crippen molar-refractivity contribution in [2.24, 2.45) is 0 Å². The predicted octanol–water partition coefficient (Wildman–Crippen LogP) is 4.65. The van der Waals surface area contributed by atoms with Crippen molar-refractivity contribution in [3.05, 3.63) is 70.3 Å². The van der Waals surface area contributed by atoms with Crippen LogP contribution in [-0.2, 0) is 0 Å². The van der Waals surface area contributed by atoms with Crippen molar-refractivity contribution >= 4 is 74.4 Å². The second-order valence-corrected chi connectivity index (χ2v) is 7.18. The fraction of sp³-hybridized carbons (Fsp3) is 0. The number of hydrogen-bond donors (Lipinski definition) is 2. The third-order valence-corrected chi connectivity index (χ3v) is 4.70. The molecule has 0 atom stereocenters. The molecule has 0 saturated heterocycles. The van der Waals surface area contributed by atoms with Crippen molar-refractivity contribution in [2.75, 3.05) is 0 Å². The zero-order valence-electron chi connectivity index (χ0n) is 15.2. The lowest BCUT2D eigenvalue weighted by Gasteiger charge is -1.91. The summed E-state index contributed by atoms with van der Waals surface area (Å²) in [7, 11) is 0. The Morgan fingerprint density at radius 2 is 1.48 bits per heavy atom. The van der Waals surface area contributed by atoms with Gasteiger partial charge in [0.2, 0.25) is 5.28 Å². The summed E-state index contributed by atoms with van der Waals surface area (Å²) >= 11 is 22.6. The Morgan fingerprint density at radius 3 is 2.26 bits per heavy atom. The van der Waals surface area contributed by atoms with Crippen LogP contribution >= 0.6 is 46.4 Å². The minimum Gasteiger partial charge on any atom is -0.341 e. The third-order valence-electron chi connectivity index (χ3n) is 3.74. The smallest absolute Gasteiger partial charge is 0.225 e. The first-order valence-electron chi connectivity index (χ1n) is 8.41. The molecule has 0 bridgehead atoms. The average Bonchev–Trinajstić information content (AvgIpc) is 3.49. The fourth-order valence-electron chi connectivity index (χ4n) is 2.40. The largest absolute Gasteiger partial charge is 0.341 e. The minimum atomic E-state index is 0.106. The predicted molar refractivity (Wildman–Crippen MR) is 119 cm³/mol. The molecule has 0 saturated carbocycles. The van der Waals surface area contributed by atoms with Crippen molar-refractivity contribution < 1.29 is 0 Å². The highest BCUT2D eigenvalue weighted by molar-refractivity contribution is 6.35. The molecule has 6 rings (SSSR count). The number of imidazole rings is 3. The van der Waals surface area contributed by atoms with Crippen LogP contribution in [0.3, 0.4) is 0 Å². The molecule has 0 aliphatic heterocycles. The summed E-state index contributed by atoms with van der Waals surface area (Å²) in [6.45, 7) is 0. The molecule has 0 amide bonds. The molecule has 0 spiro atoms. The Kier molecular flexibility index (Phi) is 6.42. The van der Waals surface area contributed by atoms with Crippen LogP contribution in [0.15, 0.2) is 49.7 Å². The van der Waals surface area contributed by atoms with Crippen LogP contribution in [0.5, 0.6) is 0 Å². The topological polar surface area (TPSA) is 126 Å². The zero-order valence-corrected chi connectivity index (χ0v) is 18.2. The molecule has 0 aliphatic carbocycles. The molecule has 14 heteroatoms. The van der Waals surface area contributed by atoms with E-state index in [-0.39, 0.29) is 10.4 Å². The summed E-state index contributed by atoms with van der Waals surface area (Å²) in [5.74, 6) is 0. The summed E-state index contributed by atoms with van der Waals surface area (Å²) in [5.41, 5.74) is 3.29. The molecule has 156 valence electrons. The summed E-state index contributed by atoms with van der Waals surface area (Å²) in [4.78, 5) is 32.6. The van der Waals surface area contributed by atoms with Crippen LogP contribution in [0.2, 0.25) is 20.6 Å².